The van der Waals surface area contributed by atoms with Crippen LogP contribution in [0.5, 0.6) is 11.5 Å². The van der Waals surface area contributed by atoms with Crippen molar-refractivity contribution in [2.75, 3.05) is 14.2 Å². The second kappa shape index (κ2) is 7.30. The molecule has 0 bridgehead atoms. The van der Waals surface area contributed by atoms with Gasteiger partial charge in [0.1, 0.15) is 23.5 Å². The molecular weight excluding hydrogens is 312 g/mol. The molecule has 0 aliphatic carbocycles. The Hall–Kier alpha value is -3.03. The van der Waals surface area contributed by atoms with Crippen LogP contribution in [-0.4, -0.2) is 14.2 Å². The minimum atomic E-state index is 0.181. The molecule has 7 heteroatoms. The lowest BCUT2D eigenvalue weighted by atomic mass is 10.1. The van der Waals surface area contributed by atoms with E-state index in [1.165, 1.54) is 14.2 Å². The highest BCUT2D eigenvalue weighted by Gasteiger charge is 2.10. The van der Waals surface area contributed by atoms with E-state index in [1.807, 2.05) is 12.1 Å². The topological polar surface area (TPSA) is 90.8 Å². The second-order valence-corrected chi connectivity index (χ2v) is 4.80. The molecule has 2 aromatic rings. The smallest absolute Gasteiger partial charge is 0.163 e. The molecule has 114 valence electrons. The lowest BCUT2D eigenvalue weighted by molar-refractivity contribution is 0.354. The van der Waals surface area contributed by atoms with Gasteiger partial charge in [-0.15, -0.1) is 22.9 Å². The van der Waals surface area contributed by atoms with Crippen molar-refractivity contribution in [3.05, 3.63) is 41.5 Å². The number of methoxy groups -OCH3 is 2. The highest BCUT2D eigenvalue weighted by Crippen LogP contribution is 2.37. The fourth-order valence-corrected chi connectivity index (χ4v) is 2.11. The SMILES string of the molecule is COc1cc(S)c(N=Nc2cccc(C#N)c2C#N)cc1OC. The number of azo groups is 1. The van der Waals surface area contributed by atoms with Crippen molar-refractivity contribution in [2.45, 2.75) is 4.90 Å². The van der Waals surface area contributed by atoms with Crippen LogP contribution in [0.2, 0.25) is 0 Å². The molecule has 0 atom stereocenters. The van der Waals surface area contributed by atoms with Crippen LogP contribution in [0, 0.1) is 22.7 Å². The maximum atomic E-state index is 9.18. The zero-order valence-electron chi connectivity index (χ0n) is 12.4. The monoisotopic (exact) mass is 324 g/mol. The van der Waals surface area contributed by atoms with Crippen LogP contribution >= 0.6 is 12.6 Å². The number of benzene rings is 2. The van der Waals surface area contributed by atoms with Crippen LogP contribution in [0.3, 0.4) is 0 Å². The Morgan fingerprint density at radius 1 is 0.957 bits per heavy atom. The molecule has 0 saturated heterocycles. The van der Waals surface area contributed by atoms with Crippen molar-refractivity contribution in [3.63, 3.8) is 0 Å². The summed E-state index contributed by atoms with van der Waals surface area (Å²) < 4.78 is 10.4. The van der Waals surface area contributed by atoms with Gasteiger partial charge in [-0.3, -0.25) is 0 Å². The predicted octanol–water partition coefficient (Wildman–Crippen LogP) is 4.15. The van der Waals surface area contributed by atoms with E-state index in [9.17, 15) is 5.26 Å². The number of thiol groups is 1. The quantitative estimate of drug-likeness (QED) is 0.675. The number of nitriles is 2. The highest BCUT2D eigenvalue weighted by molar-refractivity contribution is 7.80. The fourth-order valence-electron chi connectivity index (χ4n) is 1.88. The van der Waals surface area contributed by atoms with Gasteiger partial charge in [0.15, 0.2) is 11.5 Å². The van der Waals surface area contributed by atoms with Crippen molar-refractivity contribution in [2.24, 2.45) is 10.2 Å². The minimum Gasteiger partial charge on any atom is -0.493 e. The van der Waals surface area contributed by atoms with Crippen LogP contribution in [0.15, 0.2) is 45.5 Å². The number of hydrogen-bond acceptors (Lipinski definition) is 7. The van der Waals surface area contributed by atoms with Crippen molar-refractivity contribution < 1.29 is 9.47 Å². The first-order valence-electron chi connectivity index (χ1n) is 6.44. The number of ether oxygens (including phenoxy) is 2. The van der Waals surface area contributed by atoms with Crippen molar-refractivity contribution in [3.8, 4) is 23.6 Å². The van der Waals surface area contributed by atoms with Crippen molar-refractivity contribution >= 4 is 24.0 Å². The molecule has 0 fully saturated rings. The minimum absolute atomic E-state index is 0.181. The van der Waals surface area contributed by atoms with Gasteiger partial charge in [0.2, 0.25) is 0 Å². The molecule has 0 aromatic heterocycles. The van der Waals surface area contributed by atoms with E-state index in [2.05, 4.69) is 22.9 Å². The Morgan fingerprint density at radius 2 is 1.61 bits per heavy atom. The van der Waals surface area contributed by atoms with Gasteiger partial charge in [-0.2, -0.15) is 10.5 Å². The van der Waals surface area contributed by atoms with Gasteiger partial charge >= 0.3 is 0 Å². The largest absolute Gasteiger partial charge is 0.493 e. The molecule has 0 saturated carbocycles. The Balaban J connectivity index is 2.46. The average Bonchev–Trinajstić information content (AvgIpc) is 2.59. The fraction of sp³-hybridized carbons (Fsp3) is 0.125. The molecule has 2 aromatic carbocycles. The number of rotatable bonds is 4. The van der Waals surface area contributed by atoms with Gasteiger partial charge in [0, 0.05) is 11.0 Å². The van der Waals surface area contributed by atoms with Crippen LogP contribution in [0.1, 0.15) is 11.1 Å². The maximum Gasteiger partial charge on any atom is 0.163 e. The summed E-state index contributed by atoms with van der Waals surface area (Å²) in [7, 11) is 3.04. The summed E-state index contributed by atoms with van der Waals surface area (Å²) in [6.07, 6.45) is 0. The Bertz CT molecular complexity index is 850. The van der Waals surface area contributed by atoms with Gasteiger partial charge in [-0.25, -0.2) is 0 Å². The summed E-state index contributed by atoms with van der Waals surface area (Å²) in [4.78, 5) is 0.543. The van der Waals surface area contributed by atoms with Crippen LogP contribution < -0.4 is 9.47 Å². The van der Waals surface area contributed by atoms with Crippen molar-refractivity contribution in [1.29, 1.82) is 10.5 Å². The second-order valence-electron chi connectivity index (χ2n) is 4.32. The van der Waals surface area contributed by atoms with E-state index >= 15 is 0 Å². The molecule has 0 spiro atoms. The van der Waals surface area contributed by atoms with Crippen LogP contribution in [0.4, 0.5) is 11.4 Å². The zero-order chi connectivity index (χ0) is 16.8. The molecule has 0 aliphatic heterocycles. The summed E-state index contributed by atoms with van der Waals surface area (Å²) in [5.41, 5.74) is 1.20. The zero-order valence-corrected chi connectivity index (χ0v) is 13.3. The lowest BCUT2D eigenvalue weighted by Crippen LogP contribution is -1.90. The average molecular weight is 324 g/mol. The van der Waals surface area contributed by atoms with E-state index in [0.717, 1.165) is 0 Å². The normalized spacial score (nSPS) is 10.1. The molecule has 2 rings (SSSR count). The van der Waals surface area contributed by atoms with Crippen LogP contribution in [-0.2, 0) is 0 Å². The van der Waals surface area contributed by atoms with Gasteiger partial charge in [-0.05, 0) is 18.2 Å². The first-order chi connectivity index (χ1) is 11.1. The summed E-state index contributed by atoms with van der Waals surface area (Å²) in [5.74, 6) is 1.02. The Labute approximate surface area is 139 Å². The van der Waals surface area contributed by atoms with E-state index in [4.69, 9.17) is 14.7 Å². The first-order valence-corrected chi connectivity index (χ1v) is 6.89. The third-order valence-electron chi connectivity index (χ3n) is 3.02. The van der Waals surface area contributed by atoms with Gasteiger partial charge in [0.25, 0.3) is 0 Å². The maximum absolute atomic E-state index is 9.18. The first kappa shape index (κ1) is 16.3. The van der Waals surface area contributed by atoms with E-state index in [1.54, 1.807) is 30.3 Å². The van der Waals surface area contributed by atoms with Gasteiger partial charge in [-0.1, -0.05) is 6.07 Å². The predicted molar refractivity (Wildman–Crippen MR) is 86.8 cm³/mol. The van der Waals surface area contributed by atoms with Gasteiger partial charge in [0.05, 0.1) is 25.3 Å². The molecule has 0 heterocycles. The molecule has 0 unspecified atom stereocenters. The molecule has 0 N–H and O–H groups in total. The molecule has 0 radical (unpaired) electrons. The summed E-state index contributed by atoms with van der Waals surface area (Å²) >= 11 is 4.33. The molecular formula is C16H12N4O2S. The lowest BCUT2D eigenvalue weighted by Gasteiger charge is -2.09. The number of hydrogen-bond donors (Lipinski definition) is 1. The van der Waals surface area contributed by atoms with E-state index in [0.29, 0.717) is 27.8 Å². The third kappa shape index (κ3) is 3.42. The highest BCUT2D eigenvalue weighted by atomic mass is 32.1. The number of nitrogens with zero attached hydrogens (tertiary/aromatic N) is 4. The van der Waals surface area contributed by atoms with Crippen LogP contribution in [0.25, 0.3) is 0 Å². The summed E-state index contributed by atoms with van der Waals surface area (Å²) in [6.45, 7) is 0. The molecule has 0 amide bonds. The molecule has 6 nitrogen and oxygen atoms in total. The summed E-state index contributed by atoms with van der Waals surface area (Å²) in [6, 6.07) is 12.0. The van der Waals surface area contributed by atoms with E-state index < -0.39 is 0 Å². The van der Waals surface area contributed by atoms with Crippen molar-refractivity contribution in [1.82, 2.24) is 0 Å². The standard InChI is InChI=1S/C16H12N4O2S/c1-21-14-6-13(16(23)7-15(14)22-2)20-19-12-5-3-4-10(8-17)11(12)9-18/h3-7,23H,1-2H3. The van der Waals surface area contributed by atoms with E-state index in [-0.39, 0.29) is 11.1 Å². The Morgan fingerprint density at radius 3 is 2.22 bits per heavy atom. The van der Waals surface area contributed by atoms with Gasteiger partial charge < -0.3 is 9.47 Å². The molecule has 23 heavy (non-hydrogen) atoms. The Kier molecular flexibility index (Phi) is 5.19. The molecule has 0 aliphatic rings. The third-order valence-corrected chi connectivity index (χ3v) is 3.38. The summed E-state index contributed by atoms with van der Waals surface area (Å²) in [5, 5.41) is 26.3.